The summed E-state index contributed by atoms with van der Waals surface area (Å²) in [6.45, 7) is 15.7. The SMILES string of the molecule is CCC(C)(C)N(CCCCCCCCCOC(=O)c1ccc(O)cc1)C(C)(C)CC. The molecule has 0 unspecified atom stereocenters. The Bertz CT molecular complexity index is 591. The lowest BCUT2D eigenvalue weighted by Gasteiger charge is -2.48. The molecule has 172 valence electrons. The van der Waals surface area contributed by atoms with Crippen molar-refractivity contribution >= 4 is 5.97 Å². The predicted molar refractivity (Wildman–Crippen MR) is 126 cm³/mol. The molecule has 1 aromatic carbocycles. The number of nitrogens with zero attached hydrogens (tertiary/aromatic N) is 1. The zero-order valence-corrected chi connectivity index (χ0v) is 20.3. The van der Waals surface area contributed by atoms with E-state index in [1.54, 1.807) is 12.1 Å². The van der Waals surface area contributed by atoms with Crippen molar-refractivity contribution in [2.24, 2.45) is 0 Å². The van der Waals surface area contributed by atoms with Crippen molar-refractivity contribution in [2.45, 2.75) is 110 Å². The third-order valence-corrected chi connectivity index (χ3v) is 6.55. The third-order valence-electron chi connectivity index (χ3n) is 6.55. The van der Waals surface area contributed by atoms with E-state index in [1.165, 1.54) is 63.6 Å². The molecule has 1 rings (SSSR count). The number of ether oxygens (including phenoxy) is 1. The summed E-state index contributed by atoms with van der Waals surface area (Å²) in [4.78, 5) is 14.6. The van der Waals surface area contributed by atoms with Crippen molar-refractivity contribution in [3.63, 3.8) is 0 Å². The minimum absolute atomic E-state index is 0.155. The standard InChI is InChI=1S/C26H45NO3/c1-7-25(3,4)27(26(5,6)8-2)20-14-12-10-9-11-13-15-21-30-24(29)22-16-18-23(28)19-17-22/h16-19,28H,7-15,20-21H2,1-6H3. The fourth-order valence-electron chi connectivity index (χ4n) is 3.91. The fraction of sp³-hybridized carbons (Fsp3) is 0.731. The van der Waals surface area contributed by atoms with E-state index in [9.17, 15) is 9.90 Å². The molecule has 4 heteroatoms. The highest BCUT2D eigenvalue weighted by atomic mass is 16.5. The monoisotopic (exact) mass is 419 g/mol. The Balaban J connectivity index is 2.13. The van der Waals surface area contributed by atoms with Gasteiger partial charge in [-0.25, -0.2) is 4.79 Å². The van der Waals surface area contributed by atoms with Crippen LogP contribution in [0.15, 0.2) is 24.3 Å². The highest BCUT2D eigenvalue weighted by molar-refractivity contribution is 5.89. The Hall–Kier alpha value is -1.55. The number of hydrogen-bond acceptors (Lipinski definition) is 4. The molecular weight excluding hydrogens is 374 g/mol. The van der Waals surface area contributed by atoms with Crippen LogP contribution in [0, 0.1) is 0 Å². The van der Waals surface area contributed by atoms with E-state index in [0.717, 1.165) is 12.8 Å². The number of phenolic OH excluding ortho intramolecular Hbond substituents is 1. The number of benzene rings is 1. The normalized spacial score (nSPS) is 12.4. The van der Waals surface area contributed by atoms with E-state index in [0.29, 0.717) is 12.2 Å². The molecule has 0 aliphatic heterocycles. The van der Waals surface area contributed by atoms with Crippen LogP contribution in [0.25, 0.3) is 0 Å². The molecule has 0 bridgehead atoms. The van der Waals surface area contributed by atoms with Crippen LogP contribution >= 0.6 is 0 Å². The highest BCUT2D eigenvalue weighted by Gasteiger charge is 2.34. The molecule has 0 saturated carbocycles. The minimum atomic E-state index is -0.315. The second-order valence-electron chi connectivity index (χ2n) is 9.64. The van der Waals surface area contributed by atoms with Crippen molar-refractivity contribution in [3.05, 3.63) is 29.8 Å². The molecular formula is C26H45NO3. The lowest BCUT2D eigenvalue weighted by molar-refractivity contribution is 0.00962. The highest BCUT2D eigenvalue weighted by Crippen LogP contribution is 2.30. The minimum Gasteiger partial charge on any atom is -0.508 e. The quantitative estimate of drug-likeness (QED) is 0.247. The van der Waals surface area contributed by atoms with Crippen LogP contribution in [-0.4, -0.2) is 40.2 Å². The Morgan fingerprint density at radius 1 is 0.833 bits per heavy atom. The number of carbonyl (C=O) groups is 1. The summed E-state index contributed by atoms with van der Waals surface area (Å²) in [6.07, 6.45) is 10.6. The number of esters is 1. The molecule has 0 aliphatic rings. The van der Waals surface area contributed by atoms with Gasteiger partial charge in [-0.3, -0.25) is 4.90 Å². The first kappa shape index (κ1) is 26.5. The van der Waals surface area contributed by atoms with Crippen molar-refractivity contribution in [1.29, 1.82) is 0 Å². The van der Waals surface area contributed by atoms with Gasteiger partial charge in [-0.2, -0.15) is 0 Å². The molecule has 4 nitrogen and oxygen atoms in total. The molecule has 0 aliphatic carbocycles. The first-order valence-corrected chi connectivity index (χ1v) is 11.9. The number of phenols is 1. The summed E-state index contributed by atoms with van der Waals surface area (Å²) in [6, 6.07) is 6.18. The molecule has 0 fully saturated rings. The lowest BCUT2D eigenvalue weighted by Crippen LogP contribution is -2.55. The zero-order valence-electron chi connectivity index (χ0n) is 20.3. The average molecular weight is 420 g/mol. The second kappa shape index (κ2) is 13.0. The summed E-state index contributed by atoms with van der Waals surface area (Å²) in [5.41, 5.74) is 0.980. The van der Waals surface area contributed by atoms with Crippen molar-refractivity contribution < 1.29 is 14.6 Å². The predicted octanol–water partition coefficient (Wildman–Crippen LogP) is 6.96. The van der Waals surface area contributed by atoms with Crippen molar-refractivity contribution in [1.82, 2.24) is 4.90 Å². The van der Waals surface area contributed by atoms with Gasteiger partial charge in [0, 0.05) is 11.1 Å². The van der Waals surface area contributed by atoms with Crippen LogP contribution in [0.4, 0.5) is 0 Å². The Morgan fingerprint density at radius 3 is 1.80 bits per heavy atom. The topological polar surface area (TPSA) is 49.8 Å². The average Bonchev–Trinajstić information content (AvgIpc) is 2.72. The van der Waals surface area contributed by atoms with Crippen LogP contribution in [0.5, 0.6) is 5.75 Å². The number of aromatic hydroxyl groups is 1. The summed E-state index contributed by atoms with van der Waals surface area (Å²) in [5, 5.41) is 9.26. The van der Waals surface area contributed by atoms with Crippen molar-refractivity contribution in [3.8, 4) is 5.75 Å². The van der Waals surface area contributed by atoms with Gasteiger partial charge in [0.05, 0.1) is 12.2 Å². The Labute approximate surface area is 185 Å². The molecule has 0 amide bonds. The van der Waals surface area contributed by atoms with Crippen LogP contribution in [-0.2, 0) is 4.74 Å². The number of rotatable bonds is 15. The first-order valence-electron chi connectivity index (χ1n) is 11.9. The molecule has 1 aromatic rings. The summed E-state index contributed by atoms with van der Waals surface area (Å²) < 4.78 is 5.30. The van der Waals surface area contributed by atoms with E-state index in [2.05, 4.69) is 46.4 Å². The molecule has 0 aromatic heterocycles. The van der Waals surface area contributed by atoms with E-state index < -0.39 is 0 Å². The first-order chi connectivity index (χ1) is 14.1. The maximum Gasteiger partial charge on any atom is 0.338 e. The van der Waals surface area contributed by atoms with Crippen LogP contribution in [0.2, 0.25) is 0 Å². The summed E-state index contributed by atoms with van der Waals surface area (Å²) >= 11 is 0. The van der Waals surface area contributed by atoms with Crippen LogP contribution in [0.3, 0.4) is 0 Å². The largest absolute Gasteiger partial charge is 0.508 e. The Kier molecular flexibility index (Phi) is 11.5. The maximum atomic E-state index is 11.9. The van der Waals surface area contributed by atoms with E-state index >= 15 is 0 Å². The van der Waals surface area contributed by atoms with Crippen molar-refractivity contribution in [2.75, 3.05) is 13.2 Å². The number of unbranched alkanes of at least 4 members (excludes halogenated alkanes) is 6. The number of hydrogen-bond donors (Lipinski definition) is 1. The second-order valence-corrected chi connectivity index (χ2v) is 9.64. The fourth-order valence-corrected chi connectivity index (χ4v) is 3.91. The van der Waals surface area contributed by atoms with Crippen LogP contribution < -0.4 is 0 Å². The van der Waals surface area contributed by atoms with Gasteiger partial charge in [0.25, 0.3) is 0 Å². The van der Waals surface area contributed by atoms with Crippen LogP contribution in [0.1, 0.15) is 110 Å². The molecule has 0 atom stereocenters. The Morgan fingerprint density at radius 2 is 1.30 bits per heavy atom. The molecule has 30 heavy (non-hydrogen) atoms. The molecule has 0 saturated heterocycles. The van der Waals surface area contributed by atoms with Gasteiger partial charge >= 0.3 is 5.97 Å². The van der Waals surface area contributed by atoms with E-state index in [4.69, 9.17) is 4.74 Å². The van der Waals surface area contributed by atoms with Gasteiger partial charge < -0.3 is 9.84 Å². The van der Waals surface area contributed by atoms with Gasteiger partial charge in [-0.1, -0.05) is 46.0 Å². The van der Waals surface area contributed by atoms with Gasteiger partial charge in [0.1, 0.15) is 5.75 Å². The van der Waals surface area contributed by atoms with Gasteiger partial charge in [-0.15, -0.1) is 0 Å². The van der Waals surface area contributed by atoms with E-state index in [1.807, 2.05) is 0 Å². The molecule has 1 N–H and O–H groups in total. The van der Waals surface area contributed by atoms with Gasteiger partial charge in [0.2, 0.25) is 0 Å². The lowest BCUT2D eigenvalue weighted by atomic mass is 9.88. The maximum absolute atomic E-state index is 11.9. The number of carbonyl (C=O) groups excluding carboxylic acids is 1. The zero-order chi connectivity index (χ0) is 22.6. The molecule has 0 radical (unpaired) electrons. The smallest absolute Gasteiger partial charge is 0.338 e. The molecule has 0 spiro atoms. The van der Waals surface area contributed by atoms with E-state index in [-0.39, 0.29) is 22.8 Å². The summed E-state index contributed by atoms with van der Waals surface area (Å²) in [5.74, 6) is -0.160. The van der Waals surface area contributed by atoms with Gasteiger partial charge in [0.15, 0.2) is 0 Å². The summed E-state index contributed by atoms with van der Waals surface area (Å²) in [7, 11) is 0. The van der Waals surface area contributed by atoms with Gasteiger partial charge in [-0.05, 0) is 84.2 Å². The third kappa shape index (κ3) is 9.07. The molecule has 0 heterocycles.